The second-order valence-corrected chi connectivity index (χ2v) is 12.0. The molecule has 0 fully saturated rings. The van der Waals surface area contributed by atoms with Gasteiger partial charge in [-0.15, -0.1) is 51.1 Å². The molecule has 0 atom stereocenters. The van der Waals surface area contributed by atoms with Gasteiger partial charge in [-0.25, -0.2) is 4.39 Å². The van der Waals surface area contributed by atoms with Crippen molar-refractivity contribution in [1.29, 1.82) is 0 Å². The molecule has 0 aliphatic rings. The first kappa shape index (κ1) is 34.6. The number of alkyl halides is 6. The van der Waals surface area contributed by atoms with Crippen LogP contribution in [0.5, 0.6) is 23.0 Å². The highest BCUT2D eigenvalue weighted by molar-refractivity contribution is 8.16. The maximum absolute atomic E-state index is 15.8. The molecule has 1 heterocycles. The first-order valence-corrected chi connectivity index (χ1v) is 13.7. The molecule has 2 amide bonds. The molecule has 0 unspecified atom stereocenters. The summed E-state index contributed by atoms with van der Waals surface area (Å²) in [5.74, 6) is -5.75. The Hall–Kier alpha value is -4.29. The van der Waals surface area contributed by atoms with Gasteiger partial charge in [0.2, 0.25) is 3.60 Å². The molecule has 0 saturated carbocycles. The van der Waals surface area contributed by atoms with Gasteiger partial charge in [0.1, 0.15) is 28.6 Å². The molecule has 1 aromatic heterocycles. The first-order valence-electron chi connectivity index (χ1n) is 12.3. The number of carbonyl (C=O) groups is 2. The molecule has 3 N–H and O–H groups in total. The largest absolute Gasteiger partial charge is 0.573 e. The minimum absolute atomic E-state index is 0.0521. The highest BCUT2D eigenvalue weighted by Gasteiger charge is 2.33. The molecule has 0 saturated heterocycles. The van der Waals surface area contributed by atoms with Crippen molar-refractivity contribution in [1.82, 2.24) is 4.98 Å². The Morgan fingerprint density at radius 3 is 2.15 bits per heavy atom. The van der Waals surface area contributed by atoms with Crippen LogP contribution in [-0.4, -0.2) is 26.8 Å². The lowest BCUT2D eigenvalue weighted by Gasteiger charge is -2.22. The van der Waals surface area contributed by atoms with Gasteiger partial charge in [0.15, 0.2) is 11.5 Å². The van der Waals surface area contributed by atoms with Crippen molar-refractivity contribution in [3.05, 3.63) is 95.6 Å². The Kier molecular flexibility index (Phi) is 9.93. The van der Waals surface area contributed by atoms with Crippen molar-refractivity contribution < 1.29 is 54.5 Å². The second kappa shape index (κ2) is 13.2. The molecule has 8 nitrogen and oxygen atoms in total. The summed E-state index contributed by atoms with van der Waals surface area (Å²) in [6.07, 6.45) is -8.71. The van der Waals surface area contributed by atoms with Gasteiger partial charge in [-0.3, -0.25) is 14.6 Å². The quantitative estimate of drug-likeness (QED) is 0.0693. The average molecular weight is 706 g/mol. The molecule has 3 aromatic carbocycles. The topological polar surface area (TPSA) is 113 Å². The number of rotatable bonds is 9. The minimum Gasteiger partial charge on any atom is -0.455 e. The number of nitrogens with one attached hydrogen (secondary N) is 1. The van der Waals surface area contributed by atoms with E-state index in [0.717, 1.165) is 60.8 Å². The zero-order chi connectivity index (χ0) is 34.0. The summed E-state index contributed by atoms with van der Waals surface area (Å²) in [4.78, 5) is 28.6. The van der Waals surface area contributed by atoms with Crippen LogP contribution in [-0.2, 0) is 6.18 Å². The highest BCUT2D eigenvalue weighted by Crippen LogP contribution is 2.43. The van der Waals surface area contributed by atoms with Crippen molar-refractivity contribution >= 4 is 55.4 Å². The van der Waals surface area contributed by atoms with Crippen molar-refractivity contribution in [2.75, 3.05) is 5.32 Å². The fraction of sp³-hybridized carbons (Fsp3) is 0.107. The molecule has 242 valence electrons. The van der Waals surface area contributed by atoms with E-state index in [9.17, 15) is 35.9 Å². The Balaban J connectivity index is 1.86. The zero-order valence-corrected chi connectivity index (χ0v) is 25.2. The second-order valence-electron chi connectivity index (χ2n) is 9.09. The van der Waals surface area contributed by atoms with Gasteiger partial charge in [-0.1, -0.05) is 12.1 Å². The number of nitrogens with two attached hydrogens (primary N) is 1. The molecule has 4 aromatic rings. The normalized spacial score (nSPS) is 12.0. The molecular weight excluding hydrogens is 688 g/mol. The molecule has 0 aliphatic carbocycles. The molecular formula is C28H18F7N3O5S3. The summed E-state index contributed by atoms with van der Waals surface area (Å²) in [7, 11) is 0. The van der Waals surface area contributed by atoms with E-state index in [1.807, 2.05) is 0 Å². The maximum Gasteiger partial charge on any atom is 0.573 e. The van der Waals surface area contributed by atoms with Gasteiger partial charge >= 0.3 is 12.5 Å². The monoisotopic (exact) mass is 705 g/mol. The van der Waals surface area contributed by atoms with Crippen LogP contribution in [0.25, 0.3) is 11.1 Å². The van der Waals surface area contributed by atoms with E-state index < -0.39 is 67.9 Å². The van der Waals surface area contributed by atoms with Crippen LogP contribution in [0.2, 0.25) is 0 Å². The van der Waals surface area contributed by atoms with Crippen LogP contribution in [0, 0.1) is 5.82 Å². The van der Waals surface area contributed by atoms with Gasteiger partial charge in [0.25, 0.3) is 11.8 Å². The molecule has 0 radical (unpaired) electrons. The predicted molar refractivity (Wildman–Crippen MR) is 161 cm³/mol. The third-order valence-electron chi connectivity index (χ3n) is 5.69. The molecule has 4 rings (SSSR count). The lowest BCUT2D eigenvalue weighted by atomic mass is 10.00. The lowest BCUT2D eigenvalue weighted by Crippen LogP contribution is -2.18. The fourth-order valence-corrected chi connectivity index (χ4v) is 4.17. The summed E-state index contributed by atoms with van der Waals surface area (Å²) in [5.41, 5.74) is 2.75. The van der Waals surface area contributed by atoms with Crippen molar-refractivity contribution in [3.8, 4) is 34.1 Å². The number of thiol groups is 3. The number of benzene rings is 3. The number of nitrogens with zero attached hydrogens (tertiary/aromatic N) is 1. The van der Waals surface area contributed by atoms with E-state index in [0.29, 0.717) is 0 Å². The van der Waals surface area contributed by atoms with Gasteiger partial charge in [-0.2, -0.15) is 13.2 Å². The summed E-state index contributed by atoms with van der Waals surface area (Å²) in [6, 6.07) is 10.4. The summed E-state index contributed by atoms with van der Waals surface area (Å²) >= 11 is 11.8. The summed E-state index contributed by atoms with van der Waals surface area (Å²) in [6.45, 7) is 0. The Bertz CT molecular complexity index is 1800. The fourth-order valence-electron chi connectivity index (χ4n) is 3.88. The van der Waals surface area contributed by atoms with E-state index in [4.69, 9.17) is 15.2 Å². The van der Waals surface area contributed by atoms with E-state index in [-0.39, 0.29) is 22.5 Å². The smallest absolute Gasteiger partial charge is 0.455 e. The number of amides is 2. The summed E-state index contributed by atoms with van der Waals surface area (Å²) in [5, 5.41) is 2.33. The van der Waals surface area contributed by atoms with E-state index in [1.165, 1.54) is 12.1 Å². The van der Waals surface area contributed by atoms with Crippen LogP contribution in [0.15, 0.2) is 72.9 Å². The molecule has 46 heavy (non-hydrogen) atoms. The number of primary amides is 1. The van der Waals surface area contributed by atoms with E-state index in [1.54, 1.807) is 0 Å². The number of aromatic nitrogens is 1. The average Bonchev–Trinajstić information content (AvgIpc) is 2.92. The van der Waals surface area contributed by atoms with E-state index >= 15 is 4.39 Å². The molecule has 0 spiro atoms. The van der Waals surface area contributed by atoms with Crippen LogP contribution in [0.3, 0.4) is 0 Å². The minimum atomic E-state index is -5.10. The van der Waals surface area contributed by atoms with Crippen LogP contribution in [0.1, 0.15) is 26.4 Å². The molecule has 0 aliphatic heterocycles. The number of halogens is 7. The van der Waals surface area contributed by atoms with Crippen LogP contribution in [0.4, 0.5) is 36.4 Å². The van der Waals surface area contributed by atoms with Gasteiger partial charge in [-0.05, 0) is 59.7 Å². The van der Waals surface area contributed by atoms with E-state index in [2.05, 4.69) is 52.9 Å². The van der Waals surface area contributed by atoms with Crippen molar-refractivity contribution in [2.45, 2.75) is 16.1 Å². The maximum atomic E-state index is 15.8. The van der Waals surface area contributed by atoms with Gasteiger partial charge in [0.05, 0.1) is 5.56 Å². The molecule has 0 bridgehead atoms. The zero-order valence-electron chi connectivity index (χ0n) is 22.5. The lowest BCUT2D eigenvalue weighted by molar-refractivity contribution is -0.274. The first-order chi connectivity index (χ1) is 21.3. The Morgan fingerprint density at radius 2 is 1.52 bits per heavy atom. The molecule has 18 heteroatoms. The SMILES string of the molecule is NC(=O)c1cc(NC(=O)c2c(F)cc(-c3cccc(C(F)(F)F)c3)cc2Oc2ccc(OC(F)(F)F)cc2OC(S)(S)S)ccn1. The number of carbonyl (C=O) groups excluding carboxylic acids is 2. The van der Waals surface area contributed by atoms with Gasteiger partial charge in [0, 0.05) is 18.0 Å². The van der Waals surface area contributed by atoms with Crippen molar-refractivity contribution in [3.63, 3.8) is 0 Å². The summed E-state index contributed by atoms with van der Waals surface area (Å²) < 4.78 is 108. The Labute approximate surface area is 271 Å². The Morgan fingerprint density at radius 1 is 0.804 bits per heavy atom. The number of hydrogen-bond donors (Lipinski definition) is 5. The van der Waals surface area contributed by atoms with Crippen LogP contribution >= 0.6 is 37.9 Å². The van der Waals surface area contributed by atoms with Crippen LogP contribution < -0.4 is 25.3 Å². The third kappa shape index (κ3) is 9.13. The standard InChI is InChI=1S/C28H18F7N3O5S3/c29-18-9-14(13-2-1-3-15(8-13)26(30,31)32)10-22(23(18)25(40)38-16-6-7-37-19(11-16)24(36)39)41-20-5-4-17(42-27(33,34)35)12-21(20)43-28(44,45)46/h1-12,44-46H,(H2,36,39)(H,37,38,40). The number of pyridine rings is 1. The number of hydrogen-bond acceptors (Lipinski definition) is 9. The highest BCUT2D eigenvalue weighted by atomic mass is 32.2. The van der Waals surface area contributed by atoms with Gasteiger partial charge < -0.3 is 25.3 Å². The number of ether oxygens (including phenoxy) is 3. The predicted octanol–water partition coefficient (Wildman–Crippen LogP) is 7.73. The van der Waals surface area contributed by atoms with Crippen molar-refractivity contribution in [2.24, 2.45) is 5.73 Å². The number of anilines is 1. The third-order valence-corrected chi connectivity index (χ3v) is 5.96.